The molecule has 0 radical (unpaired) electrons. The lowest BCUT2D eigenvalue weighted by atomic mass is 9.87. The van der Waals surface area contributed by atoms with E-state index in [1.54, 1.807) is 78.9 Å². The molecule has 0 atom stereocenters. The number of nitrogens with two attached hydrogens (primary N) is 1. The van der Waals surface area contributed by atoms with Gasteiger partial charge in [-0.25, -0.2) is 4.79 Å². The van der Waals surface area contributed by atoms with E-state index in [1.807, 2.05) is 18.2 Å². The number of carboxylic acid groups (broad SMARTS) is 1. The number of ketones is 3. The number of carbonyl (C=O) groups is 4. The van der Waals surface area contributed by atoms with Crippen LogP contribution in [-0.4, -0.2) is 96.6 Å². The van der Waals surface area contributed by atoms with Gasteiger partial charge in [-0.2, -0.15) is 52.7 Å². The van der Waals surface area contributed by atoms with Crippen molar-refractivity contribution in [3.05, 3.63) is 310 Å². The van der Waals surface area contributed by atoms with Crippen LogP contribution in [0.15, 0.2) is 255 Å². The number of piperidine rings is 4. The van der Waals surface area contributed by atoms with Crippen LogP contribution in [0.5, 0.6) is 0 Å². The summed E-state index contributed by atoms with van der Waals surface area (Å²) in [7, 11) is 0. The topological polar surface area (TPSA) is 145 Å². The van der Waals surface area contributed by atoms with Gasteiger partial charge in [0.05, 0.1) is 27.8 Å². The summed E-state index contributed by atoms with van der Waals surface area (Å²) < 4.78 is 152. The molecule has 0 bridgehead atoms. The fourth-order valence-corrected chi connectivity index (χ4v) is 14.6. The Labute approximate surface area is 670 Å². The van der Waals surface area contributed by atoms with Crippen molar-refractivity contribution in [1.29, 1.82) is 0 Å². The first-order chi connectivity index (χ1) is 55.0. The number of nitrogens with one attached hydrogen (secondary N) is 2. The zero-order valence-corrected chi connectivity index (χ0v) is 63.5. The summed E-state index contributed by atoms with van der Waals surface area (Å²) in [5.41, 5.74) is 12.3. The first-order valence-electron chi connectivity index (χ1n) is 38.6. The third-order valence-corrected chi connectivity index (χ3v) is 21.1. The van der Waals surface area contributed by atoms with E-state index in [2.05, 4.69) is 75.0 Å². The molecular weight excluding hydrogens is 1510 g/mol. The van der Waals surface area contributed by atoms with Gasteiger partial charge in [-0.15, -0.1) is 0 Å². The molecule has 0 unspecified atom stereocenters. The number of rotatable bonds is 18. The summed E-state index contributed by atoms with van der Waals surface area (Å²) in [4.78, 5) is 54.5. The van der Waals surface area contributed by atoms with E-state index in [-0.39, 0.29) is 30.3 Å². The first kappa shape index (κ1) is 89.6. The molecule has 0 saturated carbocycles. The van der Waals surface area contributed by atoms with Crippen molar-refractivity contribution in [3.63, 3.8) is 0 Å². The number of benzene rings is 10. The normalized spacial score (nSPS) is 15.4. The third-order valence-electron chi connectivity index (χ3n) is 21.1. The van der Waals surface area contributed by atoms with Crippen LogP contribution in [0.25, 0.3) is 44.5 Å². The highest BCUT2D eigenvalue weighted by Crippen LogP contribution is 2.38. The Hall–Kier alpha value is -10.4. The summed E-state index contributed by atoms with van der Waals surface area (Å²) in [5.74, 6) is 0.126. The lowest BCUT2D eigenvalue weighted by Gasteiger charge is -2.31. The highest BCUT2D eigenvalue weighted by atomic mass is 19.4. The quantitative estimate of drug-likeness (QED) is 0.0484. The van der Waals surface area contributed by atoms with Crippen molar-refractivity contribution >= 4 is 23.3 Å². The van der Waals surface area contributed by atoms with Crippen LogP contribution >= 0.6 is 0 Å². The Bertz CT molecular complexity index is 4590. The monoisotopic (exact) mass is 1600 g/mol. The molecular formula is C94H97F12N5O5. The summed E-state index contributed by atoms with van der Waals surface area (Å²) in [6, 6.07) is 68.5. The lowest BCUT2D eigenvalue weighted by molar-refractivity contribution is -0.138. The smallest absolute Gasteiger partial charge is 0.416 e. The summed E-state index contributed by atoms with van der Waals surface area (Å²) in [6.07, 6.45) is -7.89. The Morgan fingerprint density at radius 3 is 0.819 bits per heavy atom. The molecule has 4 heterocycles. The van der Waals surface area contributed by atoms with Gasteiger partial charge < -0.3 is 21.5 Å². The van der Waals surface area contributed by atoms with Gasteiger partial charge in [0.15, 0.2) is 17.3 Å². The van der Waals surface area contributed by atoms with Crippen LogP contribution in [0.1, 0.15) is 153 Å². The van der Waals surface area contributed by atoms with Crippen LogP contribution in [0.3, 0.4) is 0 Å². The highest BCUT2D eigenvalue weighted by molar-refractivity contribution is 6.04. The van der Waals surface area contributed by atoms with E-state index in [4.69, 9.17) is 10.8 Å². The second kappa shape index (κ2) is 42.5. The van der Waals surface area contributed by atoms with Crippen molar-refractivity contribution in [2.45, 2.75) is 122 Å². The van der Waals surface area contributed by atoms with Gasteiger partial charge in [0, 0.05) is 55.1 Å². The highest BCUT2D eigenvalue weighted by Gasteiger charge is 2.34. The SMILES string of the molecule is C.NC1CCN(Cc2ccccc2)CC1.O=C(CC1CCN(Cc2ccccc2)CC1)c1ccccc1-c1ccc(C(F)(F)F)cc1.O=C(CC1CCNCC1)c1ccccc1-c1ccc(C(F)(F)F)cc1.O=C(CC1CCNCC1)c1ccccc1-c1ccc(C(F)(F)F)cc1.O=C(O)c1ccccc1-c1ccc(C(F)(F)F)cc1. The van der Waals surface area contributed by atoms with Gasteiger partial charge in [0.2, 0.25) is 0 Å². The Morgan fingerprint density at radius 2 is 0.552 bits per heavy atom. The fourth-order valence-electron chi connectivity index (χ4n) is 14.6. The average molecular weight is 1600 g/mol. The van der Waals surface area contributed by atoms with Crippen LogP contribution in [-0.2, 0) is 37.8 Å². The maximum Gasteiger partial charge on any atom is 0.416 e. The molecule has 612 valence electrons. The maximum absolute atomic E-state index is 13.1. The predicted octanol–water partition coefficient (Wildman–Crippen LogP) is 23.1. The summed E-state index contributed by atoms with van der Waals surface area (Å²) >= 11 is 0. The molecule has 10 aromatic rings. The molecule has 4 fully saturated rings. The van der Waals surface area contributed by atoms with Crippen LogP contribution in [0, 0.1) is 17.8 Å². The number of halogens is 12. The molecule has 0 spiro atoms. The van der Waals surface area contributed by atoms with Gasteiger partial charge in [0.25, 0.3) is 0 Å². The minimum Gasteiger partial charge on any atom is -0.478 e. The van der Waals surface area contributed by atoms with E-state index in [0.29, 0.717) is 104 Å². The van der Waals surface area contributed by atoms with Gasteiger partial charge in [-0.1, -0.05) is 208 Å². The zero-order valence-electron chi connectivity index (χ0n) is 63.5. The Morgan fingerprint density at radius 1 is 0.319 bits per heavy atom. The fraction of sp³-hybridized carbons (Fsp3) is 0.319. The van der Waals surface area contributed by atoms with E-state index in [0.717, 1.165) is 165 Å². The van der Waals surface area contributed by atoms with Gasteiger partial charge in [0.1, 0.15) is 0 Å². The number of likely N-dealkylation sites (tertiary alicyclic amines) is 2. The summed E-state index contributed by atoms with van der Waals surface area (Å²) in [6.45, 7) is 9.95. The van der Waals surface area contributed by atoms with Crippen molar-refractivity contribution in [1.82, 2.24) is 20.4 Å². The number of hydrogen-bond acceptors (Lipinski definition) is 9. The number of alkyl halides is 12. The van der Waals surface area contributed by atoms with Crippen molar-refractivity contribution in [2.75, 3.05) is 52.4 Å². The number of hydrogen-bond donors (Lipinski definition) is 4. The minimum atomic E-state index is -4.40. The molecule has 10 nitrogen and oxygen atoms in total. The molecule has 10 aromatic carbocycles. The number of Topliss-reactive ketones (excluding diaryl/α,β-unsaturated/α-hetero) is 3. The van der Waals surface area contributed by atoms with Crippen molar-refractivity contribution in [2.24, 2.45) is 23.5 Å². The molecule has 0 aromatic heterocycles. The second-order valence-corrected chi connectivity index (χ2v) is 29.4. The molecule has 0 aliphatic carbocycles. The summed E-state index contributed by atoms with van der Waals surface area (Å²) in [5, 5.41) is 15.6. The Balaban J connectivity index is 0.000000169. The minimum absolute atomic E-state index is 0. The molecule has 4 saturated heterocycles. The Kier molecular flexibility index (Phi) is 32.8. The molecule has 4 aliphatic rings. The van der Waals surface area contributed by atoms with Crippen LogP contribution < -0.4 is 16.4 Å². The van der Waals surface area contributed by atoms with Crippen LogP contribution in [0.4, 0.5) is 52.7 Å². The maximum atomic E-state index is 13.1. The van der Waals surface area contributed by atoms with Gasteiger partial charge in [-0.3, -0.25) is 24.2 Å². The molecule has 0 amide bonds. The van der Waals surface area contributed by atoms with E-state index in [1.165, 1.54) is 65.7 Å². The number of nitrogens with zero attached hydrogens (tertiary/aromatic N) is 2. The first-order valence-corrected chi connectivity index (χ1v) is 38.6. The molecule has 14 rings (SSSR count). The zero-order chi connectivity index (χ0) is 82.1. The standard InChI is InChI=1S/C27H26F3NO.2C20H20F3NO.C14H9F3O2.C12H18N2.CH4/c28-27(29,30)23-12-10-22(11-13-23)24-8-4-5-9-25(24)26(32)18-20-14-16-31(17-15-20)19-21-6-2-1-3-7-21;2*21-20(22,23)16-7-5-15(6-8-16)17-3-1-2-4-18(17)19(25)13-14-9-11-24-12-10-14;15-14(16,17)10-7-5-9(6-8-10)11-3-1-2-4-12(11)13(18)19;13-12-6-8-14(9-7-12)10-11-4-2-1-3-5-11;/h1-13,20H,14-19H2;2*1-8,14,24H,9-13H2;1-8H,(H,18,19);1-5,12H,6-10,13H2;1H4. The van der Waals surface area contributed by atoms with Crippen molar-refractivity contribution < 1.29 is 77.0 Å². The molecule has 4 aliphatic heterocycles. The predicted molar refractivity (Wildman–Crippen MR) is 433 cm³/mol. The molecule has 22 heteroatoms. The molecule has 5 N–H and O–H groups in total. The van der Waals surface area contributed by atoms with Crippen molar-refractivity contribution in [3.8, 4) is 44.5 Å². The second-order valence-electron chi connectivity index (χ2n) is 29.4. The van der Waals surface area contributed by atoms with E-state index >= 15 is 0 Å². The van der Waals surface area contributed by atoms with E-state index in [9.17, 15) is 71.9 Å². The average Bonchev–Trinajstić information content (AvgIpc) is 0.822. The lowest BCUT2D eigenvalue weighted by Crippen LogP contribution is -2.39. The van der Waals surface area contributed by atoms with E-state index < -0.39 is 52.9 Å². The van der Waals surface area contributed by atoms with Crippen LogP contribution in [0.2, 0.25) is 0 Å². The number of carbonyl (C=O) groups excluding carboxylic acids is 3. The third kappa shape index (κ3) is 26.9. The number of carboxylic acids is 1. The van der Waals surface area contributed by atoms with Gasteiger partial charge >= 0.3 is 30.7 Å². The largest absolute Gasteiger partial charge is 0.478 e. The van der Waals surface area contributed by atoms with Gasteiger partial charge in [-0.05, 0) is 232 Å². The number of aromatic carboxylic acids is 1. The molecule has 116 heavy (non-hydrogen) atoms.